The fourth-order valence-corrected chi connectivity index (χ4v) is 3.81. The van der Waals surface area contributed by atoms with Gasteiger partial charge in [0.2, 0.25) is 0 Å². The van der Waals surface area contributed by atoms with E-state index in [9.17, 15) is 4.79 Å². The lowest BCUT2D eigenvalue weighted by molar-refractivity contribution is -0.119. The van der Waals surface area contributed by atoms with E-state index in [-0.39, 0.29) is 5.41 Å². The minimum absolute atomic E-state index is 0.0263. The summed E-state index contributed by atoms with van der Waals surface area (Å²) in [5, 5.41) is 0. The maximum atomic E-state index is 11.6. The molecule has 4 atom stereocenters. The van der Waals surface area contributed by atoms with Crippen molar-refractivity contribution < 1.29 is 4.79 Å². The smallest absolute Gasteiger partial charge is 0.127 e. The van der Waals surface area contributed by atoms with Crippen molar-refractivity contribution in [3.05, 3.63) is 0 Å². The molecule has 2 aliphatic rings. The molecule has 0 aromatic carbocycles. The number of hydrogen-bond donors (Lipinski definition) is 0. The second-order valence-electron chi connectivity index (χ2n) is 6.83. The molecule has 1 aliphatic carbocycles. The summed E-state index contributed by atoms with van der Waals surface area (Å²) in [4.78, 5) is 14.1. The molecule has 2 heteroatoms. The van der Waals surface area contributed by atoms with Crippen molar-refractivity contribution in [2.45, 2.75) is 46.5 Å². The molecule has 2 fully saturated rings. The Labute approximate surface area is 106 Å². The van der Waals surface area contributed by atoms with Crippen LogP contribution in [0, 0.1) is 23.2 Å². The van der Waals surface area contributed by atoms with Crippen molar-refractivity contribution in [2.24, 2.45) is 23.2 Å². The highest BCUT2D eigenvalue weighted by Gasteiger charge is 2.38. The Morgan fingerprint density at radius 3 is 2.41 bits per heavy atom. The molecule has 0 spiro atoms. The number of carbonyl (C=O) groups excluding carboxylic acids is 1. The molecule has 0 amide bonds. The van der Waals surface area contributed by atoms with Gasteiger partial charge in [-0.1, -0.05) is 33.6 Å². The highest BCUT2D eigenvalue weighted by Crippen LogP contribution is 2.39. The maximum Gasteiger partial charge on any atom is 0.127 e. The molecule has 1 saturated heterocycles. The highest BCUT2D eigenvalue weighted by atomic mass is 16.1. The summed E-state index contributed by atoms with van der Waals surface area (Å²) in [7, 11) is 0. The first-order valence-corrected chi connectivity index (χ1v) is 7.23. The quantitative estimate of drug-likeness (QED) is 0.703. The second-order valence-corrected chi connectivity index (χ2v) is 6.83. The zero-order valence-electron chi connectivity index (χ0n) is 11.6. The molecule has 0 radical (unpaired) electrons. The van der Waals surface area contributed by atoms with Crippen molar-refractivity contribution in [1.82, 2.24) is 4.90 Å². The highest BCUT2D eigenvalue weighted by molar-refractivity contribution is 5.60. The SMILES string of the molecule is CC1CCCC(C=O)(CN2CC(C)C(C)C2)C1. The summed E-state index contributed by atoms with van der Waals surface area (Å²) < 4.78 is 0. The number of nitrogens with zero attached hydrogens (tertiary/aromatic N) is 1. The van der Waals surface area contributed by atoms with E-state index in [2.05, 4.69) is 25.7 Å². The Morgan fingerprint density at radius 1 is 1.24 bits per heavy atom. The van der Waals surface area contributed by atoms with Crippen LogP contribution in [0.1, 0.15) is 46.5 Å². The van der Waals surface area contributed by atoms with E-state index in [0.717, 1.165) is 37.1 Å². The van der Waals surface area contributed by atoms with Crippen LogP contribution in [-0.4, -0.2) is 30.8 Å². The van der Waals surface area contributed by atoms with Crippen LogP contribution >= 0.6 is 0 Å². The maximum absolute atomic E-state index is 11.6. The van der Waals surface area contributed by atoms with Crippen LogP contribution in [0.4, 0.5) is 0 Å². The molecule has 98 valence electrons. The third-order valence-electron chi connectivity index (χ3n) is 4.98. The van der Waals surface area contributed by atoms with Crippen LogP contribution in [0.3, 0.4) is 0 Å². The molecule has 1 aliphatic heterocycles. The van der Waals surface area contributed by atoms with Gasteiger partial charge >= 0.3 is 0 Å². The molecule has 2 nitrogen and oxygen atoms in total. The summed E-state index contributed by atoms with van der Waals surface area (Å²) in [5.41, 5.74) is -0.0263. The first-order chi connectivity index (χ1) is 8.04. The zero-order chi connectivity index (χ0) is 12.5. The molecule has 0 aromatic heterocycles. The monoisotopic (exact) mass is 237 g/mol. The minimum Gasteiger partial charge on any atom is -0.303 e. The lowest BCUT2D eigenvalue weighted by Crippen LogP contribution is -2.41. The fraction of sp³-hybridized carbons (Fsp3) is 0.933. The molecule has 1 heterocycles. The van der Waals surface area contributed by atoms with E-state index < -0.39 is 0 Å². The van der Waals surface area contributed by atoms with Gasteiger partial charge in [-0.25, -0.2) is 0 Å². The van der Waals surface area contributed by atoms with Crippen molar-refractivity contribution in [3.63, 3.8) is 0 Å². The lowest BCUT2D eigenvalue weighted by atomic mass is 9.71. The summed E-state index contributed by atoms with van der Waals surface area (Å²) in [6, 6.07) is 0. The Bertz CT molecular complexity index is 268. The summed E-state index contributed by atoms with van der Waals surface area (Å²) in [5.74, 6) is 2.31. The largest absolute Gasteiger partial charge is 0.303 e. The Morgan fingerprint density at radius 2 is 1.88 bits per heavy atom. The normalized spacial score (nSPS) is 43.8. The number of likely N-dealkylation sites (tertiary alicyclic amines) is 1. The van der Waals surface area contributed by atoms with Crippen molar-refractivity contribution in [1.29, 1.82) is 0 Å². The topological polar surface area (TPSA) is 20.3 Å². The van der Waals surface area contributed by atoms with Crippen LogP contribution in [0.5, 0.6) is 0 Å². The van der Waals surface area contributed by atoms with E-state index in [0.29, 0.717) is 0 Å². The molecular formula is C15H27NO. The van der Waals surface area contributed by atoms with Crippen molar-refractivity contribution in [3.8, 4) is 0 Å². The Kier molecular flexibility index (Phi) is 3.92. The van der Waals surface area contributed by atoms with Gasteiger partial charge in [0.15, 0.2) is 0 Å². The zero-order valence-corrected chi connectivity index (χ0v) is 11.6. The van der Waals surface area contributed by atoms with E-state index >= 15 is 0 Å². The molecule has 0 aromatic rings. The number of hydrogen-bond acceptors (Lipinski definition) is 2. The molecule has 0 bridgehead atoms. The first-order valence-electron chi connectivity index (χ1n) is 7.23. The number of rotatable bonds is 3. The van der Waals surface area contributed by atoms with Crippen LogP contribution in [-0.2, 0) is 4.79 Å². The Hall–Kier alpha value is -0.370. The summed E-state index contributed by atoms with van der Waals surface area (Å²) >= 11 is 0. The lowest BCUT2D eigenvalue weighted by Gasteiger charge is -2.38. The number of aldehydes is 1. The predicted molar refractivity (Wildman–Crippen MR) is 70.9 cm³/mol. The van der Waals surface area contributed by atoms with Gasteiger partial charge in [-0.05, 0) is 30.6 Å². The summed E-state index contributed by atoms with van der Waals surface area (Å²) in [6.45, 7) is 10.3. The van der Waals surface area contributed by atoms with Gasteiger partial charge in [0.05, 0.1) is 0 Å². The average molecular weight is 237 g/mol. The average Bonchev–Trinajstić information content (AvgIpc) is 2.57. The van der Waals surface area contributed by atoms with Gasteiger partial charge in [-0.3, -0.25) is 0 Å². The van der Waals surface area contributed by atoms with Crippen LogP contribution in [0.25, 0.3) is 0 Å². The third kappa shape index (κ3) is 2.90. The third-order valence-corrected chi connectivity index (χ3v) is 4.98. The van der Waals surface area contributed by atoms with Gasteiger partial charge in [0, 0.05) is 25.0 Å². The molecule has 4 unspecified atom stereocenters. The van der Waals surface area contributed by atoms with E-state index in [1.54, 1.807) is 0 Å². The van der Waals surface area contributed by atoms with Crippen LogP contribution in [0.15, 0.2) is 0 Å². The molecule has 1 saturated carbocycles. The van der Waals surface area contributed by atoms with E-state index in [4.69, 9.17) is 0 Å². The minimum atomic E-state index is -0.0263. The Balaban J connectivity index is 1.97. The molecular weight excluding hydrogens is 210 g/mol. The molecule has 2 rings (SSSR count). The van der Waals surface area contributed by atoms with Gasteiger partial charge in [-0.2, -0.15) is 0 Å². The predicted octanol–water partition coefficient (Wildman–Crippen LogP) is 2.97. The van der Waals surface area contributed by atoms with Crippen LogP contribution < -0.4 is 0 Å². The standard InChI is InChI=1S/C15H27NO/c1-12-5-4-6-15(7-12,11-17)10-16-8-13(2)14(3)9-16/h11-14H,4-10H2,1-3H3. The van der Waals surface area contributed by atoms with Crippen LogP contribution in [0.2, 0.25) is 0 Å². The van der Waals surface area contributed by atoms with Gasteiger partial charge in [-0.15, -0.1) is 0 Å². The second kappa shape index (κ2) is 5.09. The molecule has 0 N–H and O–H groups in total. The fourth-order valence-electron chi connectivity index (χ4n) is 3.81. The summed E-state index contributed by atoms with van der Waals surface area (Å²) in [6.07, 6.45) is 6.04. The van der Waals surface area contributed by atoms with E-state index in [1.165, 1.54) is 32.2 Å². The van der Waals surface area contributed by atoms with E-state index in [1.807, 2.05) is 0 Å². The van der Waals surface area contributed by atoms with Gasteiger partial charge in [0.1, 0.15) is 6.29 Å². The first kappa shape index (κ1) is 13.1. The molecule has 17 heavy (non-hydrogen) atoms. The number of carbonyl (C=O) groups is 1. The van der Waals surface area contributed by atoms with Gasteiger partial charge in [0.25, 0.3) is 0 Å². The van der Waals surface area contributed by atoms with Crippen molar-refractivity contribution in [2.75, 3.05) is 19.6 Å². The van der Waals surface area contributed by atoms with Crippen molar-refractivity contribution >= 4 is 6.29 Å². The van der Waals surface area contributed by atoms with Gasteiger partial charge < -0.3 is 9.69 Å².